The first-order chi connectivity index (χ1) is 14.1. The maximum atomic E-state index is 12.6. The van der Waals surface area contributed by atoms with E-state index in [4.69, 9.17) is 9.47 Å². The number of likely N-dealkylation sites (tertiary alicyclic amines) is 1. The first-order valence-corrected chi connectivity index (χ1v) is 10.9. The van der Waals surface area contributed by atoms with E-state index in [9.17, 15) is 9.59 Å². The number of rotatable bonds is 7. The van der Waals surface area contributed by atoms with Gasteiger partial charge in [-0.3, -0.25) is 9.59 Å². The van der Waals surface area contributed by atoms with E-state index in [1.807, 2.05) is 23.1 Å². The monoisotopic (exact) mass is 402 g/mol. The highest BCUT2D eigenvalue weighted by Crippen LogP contribution is 2.29. The van der Waals surface area contributed by atoms with Crippen molar-refractivity contribution in [1.82, 2.24) is 10.2 Å². The number of hydrogen-bond acceptors (Lipinski definition) is 4. The summed E-state index contributed by atoms with van der Waals surface area (Å²) in [6.45, 7) is 1.12. The Morgan fingerprint density at radius 2 is 1.76 bits per heavy atom. The fraction of sp³-hybridized carbons (Fsp3) is 0.652. The topological polar surface area (TPSA) is 67.9 Å². The number of methoxy groups -OCH3 is 2. The molecule has 1 saturated carbocycles. The molecule has 1 aromatic carbocycles. The minimum Gasteiger partial charge on any atom is -0.493 e. The number of nitrogens with zero attached hydrogens (tertiary/aromatic N) is 1. The van der Waals surface area contributed by atoms with Gasteiger partial charge in [-0.1, -0.05) is 38.2 Å². The van der Waals surface area contributed by atoms with Crippen LogP contribution in [0.25, 0.3) is 0 Å². The molecule has 2 aliphatic rings. The lowest BCUT2D eigenvalue weighted by Crippen LogP contribution is -2.39. The number of hydrogen-bond donors (Lipinski definition) is 1. The van der Waals surface area contributed by atoms with Crippen LogP contribution in [0.2, 0.25) is 0 Å². The third-order valence-corrected chi connectivity index (χ3v) is 6.21. The molecule has 1 atom stereocenters. The quantitative estimate of drug-likeness (QED) is 0.760. The summed E-state index contributed by atoms with van der Waals surface area (Å²) in [4.78, 5) is 27.1. The van der Waals surface area contributed by atoms with Gasteiger partial charge in [0, 0.05) is 25.6 Å². The van der Waals surface area contributed by atoms with Crippen molar-refractivity contribution in [3.05, 3.63) is 23.8 Å². The number of amides is 2. The van der Waals surface area contributed by atoms with Crippen LogP contribution in [0.15, 0.2) is 18.2 Å². The van der Waals surface area contributed by atoms with E-state index >= 15 is 0 Å². The van der Waals surface area contributed by atoms with Gasteiger partial charge in [0.05, 0.1) is 20.1 Å². The van der Waals surface area contributed by atoms with E-state index in [0.29, 0.717) is 43.5 Å². The van der Waals surface area contributed by atoms with Gasteiger partial charge < -0.3 is 19.7 Å². The summed E-state index contributed by atoms with van der Waals surface area (Å²) in [6, 6.07) is 6.11. The molecule has 29 heavy (non-hydrogen) atoms. The average Bonchev–Trinajstić information content (AvgIpc) is 3.09. The summed E-state index contributed by atoms with van der Waals surface area (Å²) in [5, 5.41) is 3.02. The van der Waals surface area contributed by atoms with Crippen LogP contribution in [0.4, 0.5) is 0 Å². The van der Waals surface area contributed by atoms with Crippen LogP contribution in [-0.4, -0.2) is 50.1 Å². The van der Waals surface area contributed by atoms with Crippen molar-refractivity contribution in [3.63, 3.8) is 0 Å². The third-order valence-electron chi connectivity index (χ3n) is 6.21. The number of carbonyl (C=O) groups excluding carboxylic acids is 2. The summed E-state index contributed by atoms with van der Waals surface area (Å²) in [7, 11) is 3.23. The maximum absolute atomic E-state index is 12.6. The molecule has 3 rings (SSSR count). The molecule has 0 aromatic heterocycles. The van der Waals surface area contributed by atoms with Crippen molar-refractivity contribution in [2.24, 2.45) is 5.92 Å². The molecule has 0 spiro atoms. The van der Waals surface area contributed by atoms with Crippen LogP contribution in [0, 0.1) is 5.92 Å². The highest BCUT2D eigenvalue weighted by atomic mass is 16.5. The Kier molecular flexibility index (Phi) is 7.78. The SMILES string of the molecule is COc1ccc(CCNC(=O)[C@H]2CC(=O)N(C3CCCCCCC3)C2)cc1OC. The Morgan fingerprint density at radius 1 is 1.07 bits per heavy atom. The Hall–Kier alpha value is -2.24. The number of carbonyl (C=O) groups is 2. The summed E-state index contributed by atoms with van der Waals surface area (Å²) < 4.78 is 10.6. The van der Waals surface area contributed by atoms with Gasteiger partial charge in [0.2, 0.25) is 11.8 Å². The fourth-order valence-corrected chi connectivity index (χ4v) is 4.52. The summed E-state index contributed by atoms with van der Waals surface area (Å²) in [5.74, 6) is 1.30. The van der Waals surface area contributed by atoms with Crippen molar-refractivity contribution in [3.8, 4) is 11.5 Å². The van der Waals surface area contributed by atoms with Crippen molar-refractivity contribution in [2.75, 3.05) is 27.3 Å². The molecule has 1 aliphatic carbocycles. The lowest BCUT2D eigenvalue weighted by atomic mass is 9.96. The highest BCUT2D eigenvalue weighted by molar-refractivity contribution is 5.89. The number of nitrogens with one attached hydrogen (secondary N) is 1. The van der Waals surface area contributed by atoms with Crippen LogP contribution >= 0.6 is 0 Å². The lowest BCUT2D eigenvalue weighted by molar-refractivity contribution is -0.130. The molecular formula is C23H34N2O4. The molecule has 1 N–H and O–H groups in total. The molecule has 1 heterocycles. The molecule has 2 fully saturated rings. The Morgan fingerprint density at radius 3 is 2.45 bits per heavy atom. The molecule has 6 heteroatoms. The van der Waals surface area contributed by atoms with Gasteiger partial charge in [0.15, 0.2) is 11.5 Å². The van der Waals surface area contributed by atoms with Gasteiger partial charge in [0.1, 0.15) is 0 Å². The third kappa shape index (κ3) is 5.64. The predicted molar refractivity (Wildman–Crippen MR) is 112 cm³/mol. The zero-order chi connectivity index (χ0) is 20.6. The van der Waals surface area contributed by atoms with E-state index < -0.39 is 0 Å². The van der Waals surface area contributed by atoms with Crippen molar-refractivity contribution >= 4 is 11.8 Å². The largest absolute Gasteiger partial charge is 0.493 e. The van der Waals surface area contributed by atoms with Crippen molar-refractivity contribution < 1.29 is 19.1 Å². The first-order valence-electron chi connectivity index (χ1n) is 10.9. The molecule has 0 unspecified atom stereocenters. The van der Waals surface area contributed by atoms with E-state index in [1.165, 1.54) is 32.1 Å². The standard InChI is InChI=1S/C23H34N2O4/c1-28-20-11-10-17(14-21(20)29-2)12-13-24-23(27)18-15-22(26)25(16-18)19-8-6-4-3-5-7-9-19/h10-11,14,18-19H,3-9,12-13,15-16H2,1-2H3,(H,24,27)/t18-/m0/s1. The molecule has 160 valence electrons. The Balaban J connectivity index is 1.48. The summed E-state index contributed by atoms with van der Waals surface area (Å²) in [6.07, 6.45) is 9.44. The zero-order valence-electron chi connectivity index (χ0n) is 17.7. The first kappa shape index (κ1) is 21.5. The van der Waals surface area contributed by atoms with Crippen LogP contribution in [0.5, 0.6) is 11.5 Å². The summed E-state index contributed by atoms with van der Waals surface area (Å²) >= 11 is 0. The predicted octanol–water partition coefficient (Wildman–Crippen LogP) is 3.32. The van der Waals surface area contributed by atoms with E-state index in [0.717, 1.165) is 18.4 Å². The minimum absolute atomic E-state index is 0.00725. The molecule has 2 amide bonds. The van der Waals surface area contributed by atoms with Crippen molar-refractivity contribution in [1.29, 1.82) is 0 Å². The molecule has 1 saturated heterocycles. The van der Waals surface area contributed by atoms with Gasteiger partial charge in [-0.2, -0.15) is 0 Å². The van der Waals surface area contributed by atoms with Gasteiger partial charge in [-0.15, -0.1) is 0 Å². The van der Waals surface area contributed by atoms with Crippen molar-refractivity contribution in [2.45, 2.75) is 63.8 Å². The van der Waals surface area contributed by atoms with E-state index in [-0.39, 0.29) is 17.7 Å². The van der Waals surface area contributed by atoms with Crippen LogP contribution in [-0.2, 0) is 16.0 Å². The molecule has 0 radical (unpaired) electrons. The normalized spacial score (nSPS) is 20.8. The highest BCUT2D eigenvalue weighted by Gasteiger charge is 2.37. The smallest absolute Gasteiger partial charge is 0.225 e. The number of ether oxygens (including phenoxy) is 2. The Bertz CT molecular complexity index is 698. The maximum Gasteiger partial charge on any atom is 0.225 e. The molecule has 1 aromatic rings. The Labute approximate surface area is 173 Å². The van der Waals surface area contributed by atoms with Gasteiger partial charge in [0.25, 0.3) is 0 Å². The second-order valence-electron chi connectivity index (χ2n) is 8.18. The van der Waals surface area contributed by atoms with Crippen LogP contribution in [0.3, 0.4) is 0 Å². The minimum atomic E-state index is -0.224. The molecule has 6 nitrogen and oxygen atoms in total. The molecule has 1 aliphatic heterocycles. The second-order valence-corrected chi connectivity index (χ2v) is 8.18. The lowest BCUT2D eigenvalue weighted by Gasteiger charge is -2.29. The fourth-order valence-electron chi connectivity index (χ4n) is 4.52. The van der Waals surface area contributed by atoms with Crippen LogP contribution in [0.1, 0.15) is 56.9 Å². The zero-order valence-corrected chi connectivity index (χ0v) is 17.7. The van der Waals surface area contributed by atoms with Crippen LogP contribution < -0.4 is 14.8 Å². The molecule has 0 bridgehead atoms. The summed E-state index contributed by atoms with van der Waals surface area (Å²) in [5.41, 5.74) is 1.07. The van der Waals surface area contributed by atoms with E-state index in [1.54, 1.807) is 14.2 Å². The molecular weight excluding hydrogens is 368 g/mol. The van der Waals surface area contributed by atoms with Gasteiger partial charge in [-0.25, -0.2) is 0 Å². The van der Waals surface area contributed by atoms with Gasteiger partial charge in [-0.05, 0) is 37.0 Å². The number of benzene rings is 1. The average molecular weight is 403 g/mol. The van der Waals surface area contributed by atoms with Gasteiger partial charge >= 0.3 is 0 Å². The van der Waals surface area contributed by atoms with E-state index in [2.05, 4.69) is 5.32 Å². The second kappa shape index (κ2) is 10.5.